The van der Waals surface area contributed by atoms with Crippen LogP contribution >= 0.6 is 23.2 Å². The standard InChI is InChI=1S/C12H8Cl2F3N3O/c1-5-9(11(18)21)10(12(15,16)17)20(19-5)8-3-2-6(13)4-7(8)14/h2-4H,1H3,(H2,18,21). The molecule has 0 spiro atoms. The van der Waals surface area contributed by atoms with Gasteiger partial charge in [0.1, 0.15) is 0 Å². The molecule has 0 saturated heterocycles. The molecule has 21 heavy (non-hydrogen) atoms. The predicted molar refractivity (Wildman–Crippen MR) is 71.8 cm³/mol. The summed E-state index contributed by atoms with van der Waals surface area (Å²) in [7, 11) is 0. The number of hydrogen-bond acceptors (Lipinski definition) is 2. The number of primary amides is 1. The fraction of sp³-hybridized carbons (Fsp3) is 0.167. The highest BCUT2D eigenvalue weighted by Gasteiger charge is 2.41. The van der Waals surface area contributed by atoms with Crippen LogP contribution < -0.4 is 5.73 Å². The molecular weight excluding hydrogens is 330 g/mol. The van der Waals surface area contributed by atoms with Crippen molar-refractivity contribution in [2.24, 2.45) is 5.73 Å². The Morgan fingerprint density at radius 3 is 2.43 bits per heavy atom. The molecule has 2 N–H and O–H groups in total. The number of amides is 1. The lowest BCUT2D eigenvalue weighted by atomic mass is 10.1. The molecule has 0 fully saturated rings. The zero-order chi connectivity index (χ0) is 15.9. The first-order valence-electron chi connectivity index (χ1n) is 5.55. The van der Waals surface area contributed by atoms with Crippen LogP contribution in [0.15, 0.2) is 18.2 Å². The van der Waals surface area contributed by atoms with Gasteiger partial charge in [0, 0.05) is 5.02 Å². The highest BCUT2D eigenvalue weighted by Crippen LogP contribution is 2.36. The number of rotatable bonds is 2. The zero-order valence-corrected chi connectivity index (χ0v) is 12.0. The summed E-state index contributed by atoms with van der Waals surface area (Å²) in [6.45, 7) is 1.26. The highest BCUT2D eigenvalue weighted by molar-refractivity contribution is 6.35. The quantitative estimate of drug-likeness (QED) is 0.909. The number of hydrogen-bond donors (Lipinski definition) is 1. The fourth-order valence-electron chi connectivity index (χ4n) is 1.91. The third-order valence-corrected chi connectivity index (χ3v) is 3.25. The summed E-state index contributed by atoms with van der Waals surface area (Å²) in [4.78, 5) is 11.3. The van der Waals surface area contributed by atoms with Crippen LogP contribution in [-0.4, -0.2) is 15.7 Å². The maximum atomic E-state index is 13.2. The molecule has 9 heteroatoms. The van der Waals surface area contributed by atoms with E-state index in [0.29, 0.717) is 4.68 Å². The molecule has 1 aromatic carbocycles. The Morgan fingerprint density at radius 1 is 1.33 bits per heavy atom. The molecular formula is C12H8Cl2F3N3O. The van der Waals surface area contributed by atoms with E-state index in [4.69, 9.17) is 28.9 Å². The van der Waals surface area contributed by atoms with Crippen LogP contribution in [0.25, 0.3) is 5.69 Å². The average Bonchev–Trinajstić information content (AvgIpc) is 2.66. The Labute approximate surface area is 127 Å². The first-order valence-corrected chi connectivity index (χ1v) is 6.30. The lowest BCUT2D eigenvalue weighted by molar-refractivity contribution is -0.143. The van der Waals surface area contributed by atoms with Crippen LogP contribution in [0.4, 0.5) is 13.2 Å². The zero-order valence-electron chi connectivity index (χ0n) is 10.5. The van der Waals surface area contributed by atoms with Crippen molar-refractivity contribution in [3.05, 3.63) is 45.2 Å². The lowest BCUT2D eigenvalue weighted by Crippen LogP contribution is -2.21. The van der Waals surface area contributed by atoms with Crippen molar-refractivity contribution in [2.45, 2.75) is 13.1 Å². The summed E-state index contributed by atoms with van der Waals surface area (Å²) in [6.07, 6.45) is -4.82. The SMILES string of the molecule is Cc1nn(-c2ccc(Cl)cc2Cl)c(C(F)(F)F)c1C(N)=O. The third kappa shape index (κ3) is 2.84. The molecule has 0 unspecified atom stereocenters. The van der Waals surface area contributed by atoms with Gasteiger partial charge in [-0.3, -0.25) is 4.79 Å². The van der Waals surface area contributed by atoms with Crippen molar-refractivity contribution in [1.82, 2.24) is 9.78 Å². The first kappa shape index (κ1) is 15.7. The van der Waals surface area contributed by atoms with E-state index in [1.54, 1.807) is 0 Å². The summed E-state index contributed by atoms with van der Waals surface area (Å²) in [6, 6.07) is 3.92. The van der Waals surface area contributed by atoms with E-state index in [9.17, 15) is 18.0 Å². The highest BCUT2D eigenvalue weighted by atomic mass is 35.5. The molecule has 1 aromatic heterocycles. The van der Waals surface area contributed by atoms with Crippen LogP contribution in [-0.2, 0) is 6.18 Å². The Kier molecular flexibility index (Phi) is 3.90. The third-order valence-electron chi connectivity index (χ3n) is 2.71. The number of aryl methyl sites for hydroxylation is 1. The minimum Gasteiger partial charge on any atom is -0.365 e. The summed E-state index contributed by atoms with van der Waals surface area (Å²) in [5, 5.41) is 3.95. The molecule has 112 valence electrons. The van der Waals surface area contributed by atoms with E-state index >= 15 is 0 Å². The molecule has 4 nitrogen and oxygen atoms in total. The number of nitrogens with two attached hydrogens (primary N) is 1. The van der Waals surface area contributed by atoms with E-state index in [2.05, 4.69) is 5.10 Å². The summed E-state index contributed by atoms with van der Waals surface area (Å²) in [5.74, 6) is -1.21. The van der Waals surface area contributed by atoms with Gasteiger partial charge in [-0.2, -0.15) is 18.3 Å². The van der Waals surface area contributed by atoms with Gasteiger partial charge in [0.05, 0.1) is 22.0 Å². The number of carbonyl (C=O) groups excluding carboxylic acids is 1. The second-order valence-corrected chi connectivity index (χ2v) is 5.02. The Balaban J connectivity index is 2.81. The largest absolute Gasteiger partial charge is 0.434 e. The molecule has 0 bridgehead atoms. The number of aromatic nitrogens is 2. The molecule has 0 aliphatic rings. The van der Waals surface area contributed by atoms with Gasteiger partial charge in [0.2, 0.25) is 0 Å². The molecule has 2 rings (SSSR count). The van der Waals surface area contributed by atoms with Gasteiger partial charge in [0.25, 0.3) is 5.91 Å². The van der Waals surface area contributed by atoms with E-state index in [1.165, 1.54) is 25.1 Å². The molecule has 0 saturated carbocycles. The maximum absolute atomic E-state index is 13.2. The second kappa shape index (κ2) is 5.23. The van der Waals surface area contributed by atoms with E-state index in [1.807, 2.05) is 0 Å². The first-order chi connectivity index (χ1) is 9.62. The Bertz CT molecular complexity index is 725. The molecule has 0 aliphatic carbocycles. The lowest BCUT2D eigenvalue weighted by Gasteiger charge is -2.13. The molecule has 0 radical (unpaired) electrons. The van der Waals surface area contributed by atoms with Gasteiger partial charge in [-0.15, -0.1) is 0 Å². The predicted octanol–water partition coefficient (Wildman–Crippen LogP) is 3.61. The van der Waals surface area contributed by atoms with Crippen molar-refractivity contribution in [3.8, 4) is 5.69 Å². The average molecular weight is 338 g/mol. The number of benzene rings is 1. The normalized spacial score (nSPS) is 11.7. The number of carbonyl (C=O) groups is 1. The molecule has 0 atom stereocenters. The van der Waals surface area contributed by atoms with Crippen LogP contribution in [0.5, 0.6) is 0 Å². The smallest absolute Gasteiger partial charge is 0.365 e. The maximum Gasteiger partial charge on any atom is 0.434 e. The second-order valence-electron chi connectivity index (χ2n) is 4.18. The van der Waals surface area contributed by atoms with E-state index in [-0.39, 0.29) is 21.4 Å². The van der Waals surface area contributed by atoms with Crippen molar-refractivity contribution in [1.29, 1.82) is 0 Å². The van der Waals surface area contributed by atoms with E-state index < -0.39 is 23.3 Å². The molecule has 0 aliphatic heterocycles. The topological polar surface area (TPSA) is 60.9 Å². The van der Waals surface area contributed by atoms with Crippen molar-refractivity contribution in [3.63, 3.8) is 0 Å². The fourth-order valence-corrected chi connectivity index (χ4v) is 2.40. The molecule has 1 heterocycles. The molecule has 1 amide bonds. The number of alkyl halides is 3. The summed E-state index contributed by atoms with van der Waals surface area (Å²) >= 11 is 11.6. The van der Waals surface area contributed by atoms with Gasteiger partial charge < -0.3 is 5.73 Å². The van der Waals surface area contributed by atoms with Crippen LogP contribution in [0.2, 0.25) is 10.0 Å². The summed E-state index contributed by atoms with van der Waals surface area (Å²) in [5.41, 5.74) is 2.88. The van der Waals surface area contributed by atoms with Gasteiger partial charge in [0.15, 0.2) is 5.69 Å². The van der Waals surface area contributed by atoms with Crippen LogP contribution in [0.1, 0.15) is 21.7 Å². The van der Waals surface area contributed by atoms with Crippen molar-refractivity contribution in [2.75, 3.05) is 0 Å². The van der Waals surface area contributed by atoms with Gasteiger partial charge in [-0.25, -0.2) is 4.68 Å². The van der Waals surface area contributed by atoms with Crippen molar-refractivity contribution < 1.29 is 18.0 Å². The minimum absolute atomic E-state index is 0.0356. The Morgan fingerprint density at radius 2 is 1.95 bits per heavy atom. The Hall–Kier alpha value is -1.73. The van der Waals surface area contributed by atoms with Gasteiger partial charge in [-0.1, -0.05) is 23.2 Å². The van der Waals surface area contributed by atoms with Crippen LogP contribution in [0, 0.1) is 6.92 Å². The number of halogens is 5. The van der Waals surface area contributed by atoms with Crippen LogP contribution in [0.3, 0.4) is 0 Å². The molecule has 2 aromatic rings. The minimum atomic E-state index is -4.82. The van der Waals surface area contributed by atoms with E-state index in [0.717, 1.165) is 0 Å². The monoisotopic (exact) mass is 337 g/mol. The van der Waals surface area contributed by atoms with Gasteiger partial charge in [-0.05, 0) is 25.1 Å². The number of nitrogens with zero attached hydrogens (tertiary/aromatic N) is 2. The van der Waals surface area contributed by atoms with Gasteiger partial charge >= 0.3 is 6.18 Å². The summed E-state index contributed by atoms with van der Waals surface area (Å²) < 4.78 is 40.3. The van der Waals surface area contributed by atoms with Crippen molar-refractivity contribution >= 4 is 29.1 Å².